The Morgan fingerprint density at radius 1 is 1.14 bits per heavy atom. The molecule has 0 aliphatic heterocycles. The molecule has 1 heterocycles. The molecular weight excluding hydrogens is 378 g/mol. The average molecular weight is 387 g/mol. The van der Waals surface area contributed by atoms with Gasteiger partial charge in [-0.1, -0.05) is 15.9 Å². The number of fused-ring (bicyclic) bond motifs is 1. The van der Waals surface area contributed by atoms with Crippen LogP contribution < -0.4 is 4.72 Å². The number of hydrogen-bond acceptors (Lipinski definition) is 3. The molecule has 108 valence electrons. The van der Waals surface area contributed by atoms with Gasteiger partial charge in [0.2, 0.25) is 5.28 Å². The highest BCUT2D eigenvalue weighted by Gasteiger charge is 2.14. The summed E-state index contributed by atoms with van der Waals surface area (Å²) < 4.78 is 27.9. The molecule has 0 spiro atoms. The van der Waals surface area contributed by atoms with Crippen LogP contribution in [0, 0.1) is 0 Å². The lowest BCUT2D eigenvalue weighted by Crippen LogP contribution is -2.12. The largest absolute Gasteiger partial charge is 0.329 e. The van der Waals surface area contributed by atoms with Crippen LogP contribution in [0.25, 0.3) is 11.0 Å². The van der Waals surface area contributed by atoms with E-state index in [0.29, 0.717) is 16.7 Å². The van der Waals surface area contributed by atoms with Crippen LogP contribution in [0.1, 0.15) is 0 Å². The van der Waals surface area contributed by atoms with E-state index in [1.807, 2.05) is 0 Å². The van der Waals surface area contributed by atoms with Crippen LogP contribution in [0.4, 0.5) is 5.69 Å². The molecule has 5 nitrogen and oxygen atoms in total. The first-order valence-electron chi connectivity index (χ1n) is 5.88. The van der Waals surface area contributed by atoms with Crippen LogP contribution in [-0.2, 0) is 10.0 Å². The zero-order valence-corrected chi connectivity index (χ0v) is 13.6. The Labute approximate surface area is 134 Å². The summed E-state index contributed by atoms with van der Waals surface area (Å²) in [5.74, 6) is 0. The van der Waals surface area contributed by atoms with Gasteiger partial charge < -0.3 is 4.98 Å². The van der Waals surface area contributed by atoms with Gasteiger partial charge in [-0.25, -0.2) is 13.4 Å². The summed E-state index contributed by atoms with van der Waals surface area (Å²) in [6.45, 7) is 0. The maximum atomic E-state index is 12.3. The summed E-state index contributed by atoms with van der Waals surface area (Å²) in [6.07, 6.45) is 0. The maximum Gasteiger partial charge on any atom is 0.261 e. The van der Waals surface area contributed by atoms with Gasteiger partial charge in [-0.3, -0.25) is 4.72 Å². The summed E-state index contributed by atoms with van der Waals surface area (Å²) >= 11 is 9.04. The van der Waals surface area contributed by atoms with Crippen LogP contribution in [0.5, 0.6) is 0 Å². The molecule has 0 saturated heterocycles. The SMILES string of the molecule is O=S(=O)(Nc1ccc2nc(Cl)[nH]c2c1)c1ccc(Br)cc1. The third-order valence-electron chi connectivity index (χ3n) is 2.83. The summed E-state index contributed by atoms with van der Waals surface area (Å²) in [5.41, 5.74) is 1.77. The molecule has 3 aromatic rings. The zero-order valence-electron chi connectivity index (χ0n) is 10.5. The normalized spacial score (nSPS) is 11.7. The number of rotatable bonds is 3. The van der Waals surface area contributed by atoms with Gasteiger partial charge in [-0.05, 0) is 54.1 Å². The van der Waals surface area contributed by atoms with E-state index in [-0.39, 0.29) is 10.2 Å². The van der Waals surface area contributed by atoms with Crippen molar-refractivity contribution in [3.63, 3.8) is 0 Å². The third kappa shape index (κ3) is 3.04. The first-order chi connectivity index (χ1) is 9.94. The quantitative estimate of drug-likeness (QED) is 0.719. The van der Waals surface area contributed by atoms with E-state index in [1.165, 1.54) is 12.1 Å². The monoisotopic (exact) mass is 385 g/mol. The number of anilines is 1. The Kier molecular flexibility index (Phi) is 3.64. The van der Waals surface area contributed by atoms with Gasteiger partial charge in [0.05, 0.1) is 21.6 Å². The highest BCUT2D eigenvalue weighted by molar-refractivity contribution is 9.10. The van der Waals surface area contributed by atoms with Gasteiger partial charge in [0.15, 0.2) is 0 Å². The lowest BCUT2D eigenvalue weighted by atomic mass is 10.3. The predicted octanol–water partition coefficient (Wildman–Crippen LogP) is 3.78. The molecule has 0 radical (unpaired) electrons. The highest BCUT2D eigenvalue weighted by atomic mass is 79.9. The van der Waals surface area contributed by atoms with Crippen molar-refractivity contribution >= 4 is 54.3 Å². The smallest absolute Gasteiger partial charge is 0.261 e. The van der Waals surface area contributed by atoms with Gasteiger partial charge in [0.1, 0.15) is 0 Å². The van der Waals surface area contributed by atoms with Crippen LogP contribution in [-0.4, -0.2) is 18.4 Å². The Bertz CT molecular complexity index is 907. The molecule has 2 N–H and O–H groups in total. The van der Waals surface area contributed by atoms with E-state index in [1.54, 1.807) is 30.3 Å². The molecule has 0 bridgehead atoms. The number of nitrogens with one attached hydrogen (secondary N) is 2. The van der Waals surface area contributed by atoms with Crippen LogP contribution in [0.15, 0.2) is 51.8 Å². The zero-order chi connectivity index (χ0) is 15.0. The van der Waals surface area contributed by atoms with Crippen molar-refractivity contribution in [2.75, 3.05) is 4.72 Å². The molecule has 0 aliphatic carbocycles. The minimum atomic E-state index is -3.63. The number of nitrogens with zero attached hydrogens (tertiary/aromatic N) is 1. The van der Waals surface area contributed by atoms with Gasteiger partial charge in [0.25, 0.3) is 10.0 Å². The molecule has 8 heteroatoms. The number of imidazole rings is 1. The van der Waals surface area contributed by atoms with Crippen molar-refractivity contribution in [2.45, 2.75) is 4.90 Å². The number of aromatic nitrogens is 2. The first-order valence-corrected chi connectivity index (χ1v) is 8.53. The fraction of sp³-hybridized carbons (Fsp3) is 0. The fourth-order valence-electron chi connectivity index (χ4n) is 1.87. The topological polar surface area (TPSA) is 74.8 Å². The molecule has 0 atom stereocenters. The van der Waals surface area contributed by atoms with Gasteiger partial charge in [-0.2, -0.15) is 0 Å². The van der Waals surface area contributed by atoms with Crippen LogP contribution >= 0.6 is 27.5 Å². The Morgan fingerprint density at radius 3 is 2.57 bits per heavy atom. The lowest BCUT2D eigenvalue weighted by Gasteiger charge is -2.08. The van der Waals surface area contributed by atoms with Gasteiger partial charge in [0, 0.05) is 4.47 Å². The molecular formula is C13H9BrClN3O2S. The van der Waals surface area contributed by atoms with Gasteiger partial charge >= 0.3 is 0 Å². The van der Waals surface area contributed by atoms with E-state index in [4.69, 9.17) is 11.6 Å². The molecule has 21 heavy (non-hydrogen) atoms. The summed E-state index contributed by atoms with van der Waals surface area (Å²) in [5, 5.41) is 0.262. The van der Waals surface area contributed by atoms with E-state index < -0.39 is 10.0 Å². The first kappa shape index (κ1) is 14.4. The van der Waals surface area contributed by atoms with Crippen molar-refractivity contribution in [3.05, 3.63) is 52.2 Å². The molecule has 0 aliphatic rings. The Hall–Kier alpha value is -1.57. The van der Waals surface area contributed by atoms with E-state index >= 15 is 0 Å². The standard InChI is InChI=1S/C13H9BrClN3O2S/c14-8-1-4-10(5-2-8)21(19,20)18-9-3-6-11-12(7-9)17-13(15)16-11/h1-7,18H,(H,16,17). The third-order valence-corrected chi connectivity index (χ3v) is 4.93. The Morgan fingerprint density at radius 2 is 1.86 bits per heavy atom. The van der Waals surface area contributed by atoms with E-state index in [0.717, 1.165) is 4.47 Å². The lowest BCUT2D eigenvalue weighted by molar-refractivity contribution is 0.601. The number of sulfonamides is 1. The molecule has 0 fully saturated rings. The number of hydrogen-bond donors (Lipinski definition) is 2. The highest BCUT2D eigenvalue weighted by Crippen LogP contribution is 2.22. The number of benzene rings is 2. The number of aromatic amines is 1. The molecule has 0 saturated carbocycles. The summed E-state index contributed by atoms with van der Waals surface area (Å²) in [7, 11) is -3.63. The van der Waals surface area contributed by atoms with Crippen molar-refractivity contribution < 1.29 is 8.42 Å². The van der Waals surface area contributed by atoms with Crippen molar-refractivity contribution in [3.8, 4) is 0 Å². The number of halogens is 2. The maximum absolute atomic E-state index is 12.3. The second-order valence-corrected chi connectivity index (χ2v) is 7.28. The van der Waals surface area contributed by atoms with Gasteiger partial charge in [-0.15, -0.1) is 0 Å². The minimum Gasteiger partial charge on any atom is -0.329 e. The predicted molar refractivity (Wildman–Crippen MR) is 86.1 cm³/mol. The number of H-pyrrole nitrogens is 1. The van der Waals surface area contributed by atoms with E-state index in [2.05, 4.69) is 30.6 Å². The molecule has 1 aromatic heterocycles. The summed E-state index contributed by atoms with van der Waals surface area (Å²) in [4.78, 5) is 7.08. The minimum absolute atomic E-state index is 0.188. The average Bonchev–Trinajstić information content (AvgIpc) is 2.78. The molecule has 0 amide bonds. The van der Waals surface area contributed by atoms with E-state index in [9.17, 15) is 8.42 Å². The van der Waals surface area contributed by atoms with Crippen molar-refractivity contribution in [1.82, 2.24) is 9.97 Å². The summed E-state index contributed by atoms with van der Waals surface area (Å²) in [6, 6.07) is 11.4. The fourth-order valence-corrected chi connectivity index (χ4v) is 3.38. The van der Waals surface area contributed by atoms with Crippen LogP contribution in [0.3, 0.4) is 0 Å². The van der Waals surface area contributed by atoms with Crippen molar-refractivity contribution in [2.24, 2.45) is 0 Å². The second-order valence-electron chi connectivity index (χ2n) is 4.32. The molecule has 3 rings (SSSR count). The van der Waals surface area contributed by atoms with Crippen LogP contribution in [0.2, 0.25) is 5.28 Å². The Balaban J connectivity index is 1.94. The molecule has 0 unspecified atom stereocenters. The van der Waals surface area contributed by atoms with Crippen molar-refractivity contribution in [1.29, 1.82) is 0 Å². The second kappa shape index (κ2) is 5.32. The molecule has 2 aromatic carbocycles.